The summed E-state index contributed by atoms with van der Waals surface area (Å²) in [5.74, 6) is 1.36. The number of anilines is 1. The summed E-state index contributed by atoms with van der Waals surface area (Å²) < 4.78 is 5.24. The Bertz CT molecular complexity index is 426. The van der Waals surface area contributed by atoms with Crippen molar-refractivity contribution < 1.29 is 4.74 Å². The van der Waals surface area contributed by atoms with E-state index in [9.17, 15) is 0 Å². The van der Waals surface area contributed by atoms with Gasteiger partial charge in [0, 0.05) is 33.9 Å². The van der Waals surface area contributed by atoms with E-state index in [2.05, 4.69) is 15.3 Å². The maximum Gasteiger partial charge on any atom is 0.188 e. The summed E-state index contributed by atoms with van der Waals surface area (Å²) in [7, 11) is 3.92. The Morgan fingerprint density at radius 1 is 1.43 bits per heavy atom. The van der Waals surface area contributed by atoms with Crippen LogP contribution >= 0.6 is 24.0 Å². The number of aromatic nitrogens is 1. The van der Waals surface area contributed by atoms with Crippen LogP contribution in [0.25, 0.3) is 0 Å². The van der Waals surface area contributed by atoms with E-state index in [0.29, 0.717) is 12.5 Å². The summed E-state index contributed by atoms with van der Waals surface area (Å²) in [6.45, 7) is 4.71. The lowest BCUT2D eigenvalue weighted by Crippen LogP contribution is -2.32. The summed E-state index contributed by atoms with van der Waals surface area (Å²) in [6.07, 6.45) is 0.915. The van der Waals surface area contributed by atoms with E-state index in [0.717, 1.165) is 37.7 Å². The Morgan fingerprint density at radius 3 is 2.86 bits per heavy atom. The summed E-state index contributed by atoms with van der Waals surface area (Å²) in [5, 5.41) is 3.06. The van der Waals surface area contributed by atoms with Gasteiger partial charge in [-0.15, -0.1) is 24.0 Å². The topological polar surface area (TPSA) is 75.8 Å². The minimum Gasteiger partial charge on any atom is -0.382 e. The highest BCUT2D eigenvalue weighted by molar-refractivity contribution is 14.0. The molecule has 0 aliphatic heterocycles. The molecule has 0 saturated heterocycles. The van der Waals surface area contributed by atoms with Gasteiger partial charge in [-0.2, -0.15) is 0 Å². The third-order valence-electron chi connectivity index (χ3n) is 2.64. The van der Waals surface area contributed by atoms with Crippen molar-refractivity contribution in [2.75, 3.05) is 38.8 Å². The lowest BCUT2D eigenvalue weighted by atomic mass is 10.3. The minimum absolute atomic E-state index is 0. The van der Waals surface area contributed by atoms with Crippen molar-refractivity contribution in [1.29, 1.82) is 0 Å². The molecule has 1 aromatic rings. The molecule has 1 rings (SSSR count). The number of halogens is 1. The van der Waals surface area contributed by atoms with Crippen molar-refractivity contribution in [3.05, 3.63) is 23.9 Å². The number of nitrogens with two attached hydrogens (primary N) is 1. The number of hydrogen-bond donors (Lipinski definition) is 2. The number of guanidine groups is 1. The summed E-state index contributed by atoms with van der Waals surface area (Å²) in [4.78, 5) is 10.7. The van der Waals surface area contributed by atoms with Gasteiger partial charge < -0.3 is 20.7 Å². The molecule has 6 nitrogen and oxygen atoms in total. The van der Waals surface area contributed by atoms with E-state index in [4.69, 9.17) is 10.5 Å². The van der Waals surface area contributed by atoms with E-state index < -0.39 is 0 Å². The van der Waals surface area contributed by atoms with Gasteiger partial charge in [0.1, 0.15) is 5.82 Å². The number of nitrogens with one attached hydrogen (secondary N) is 1. The third kappa shape index (κ3) is 8.71. The first-order chi connectivity index (χ1) is 9.63. The zero-order chi connectivity index (χ0) is 14.8. The summed E-state index contributed by atoms with van der Waals surface area (Å²) in [5.41, 5.74) is 6.69. The molecule has 0 saturated carbocycles. The quantitative estimate of drug-likeness (QED) is 0.296. The predicted molar refractivity (Wildman–Crippen MR) is 98.4 cm³/mol. The van der Waals surface area contributed by atoms with Crippen LogP contribution in [0.1, 0.15) is 19.0 Å². The maximum absolute atomic E-state index is 5.79. The van der Waals surface area contributed by atoms with Crippen LogP contribution in [0.4, 0.5) is 5.82 Å². The summed E-state index contributed by atoms with van der Waals surface area (Å²) >= 11 is 0. The van der Waals surface area contributed by atoms with Gasteiger partial charge in [-0.3, -0.25) is 0 Å². The largest absolute Gasteiger partial charge is 0.382 e. The SMILES string of the molecule is CCOCCCNC(N)=NCc1cccc(N(C)C)n1.I. The van der Waals surface area contributed by atoms with E-state index >= 15 is 0 Å². The Kier molecular flexibility index (Phi) is 11.0. The molecule has 21 heavy (non-hydrogen) atoms. The van der Waals surface area contributed by atoms with Gasteiger partial charge in [-0.05, 0) is 25.5 Å². The molecule has 1 aromatic heterocycles. The normalized spacial score (nSPS) is 10.9. The van der Waals surface area contributed by atoms with Crippen molar-refractivity contribution >= 4 is 35.8 Å². The Labute approximate surface area is 144 Å². The fraction of sp³-hybridized carbons (Fsp3) is 0.571. The smallest absolute Gasteiger partial charge is 0.188 e. The summed E-state index contributed by atoms with van der Waals surface area (Å²) in [6, 6.07) is 5.88. The number of hydrogen-bond acceptors (Lipinski definition) is 4. The van der Waals surface area contributed by atoms with Crippen molar-refractivity contribution in [2.45, 2.75) is 19.9 Å². The molecule has 0 bridgehead atoms. The minimum atomic E-state index is 0. The number of ether oxygens (including phenoxy) is 1. The number of nitrogens with zero attached hydrogens (tertiary/aromatic N) is 3. The van der Waals surface area contributed by atoms with Crippen LogP contribution in [0.5, 0.6) is 0 Å². The molecule has 0 aliphatic carbocycles. The van der Waals surface area contributed by atoms with Gasteiger partial charge in [0.05, 0.1) is 12.2 Å². The van der Waals surface area contributed by atoms with Crippen LogP contribution in [-0.4, -0.2) is 44.8 Å². The fourth-order valence-electron chi connectivity index (χ4n) is 1.56. The first kappa shape index (κ1) is 19.9. The molecular weight excluding hydrogens is 381 g/mol. The van der Waals surface area contributed by atoms with Gasteiger partial charge in [-0.25, -0.2) is 9.98 Å². The van der Waals surface area contributed by atoms with Crippen LogP contribution in [0.2, 0.25) is 0 Å². The zero-order valence-corrected chi connectivity index (χ0v) is 15.3. The van der Waals surface area contributed by atoms with Gasteiger partial charge >= 0.3 is 0 Å². The van der Waals surface area contributed by atoms with Gasteiger partial charge in [-0.1, -0.05) is 6.07 Å². The highest BCUT2D eigenvalue weighted by Crippen LogP contribution is 2.08. The molecule has 7 heteroatoms. The first-order valence-corrected chi connectivity index (χ1v) is 6.88. The predicted octanol–water partition coefficient (Wildman–Crippen LogP) is 1.60. The average Bonchev–Trinajstić information content (AvgIpc) is 2.45. The van der Waals surface area contributed by atoms with E-state index in [1.165, 1.54) is 0 Å². The lowest BCUT2D eigenvalue weighted by Gasteiger charge is -2.11. The second kappa shape index (κ2) is 11.6. The molecule has 0 unspecified atom stereocenters. The van der Waals surface area contributed by atoms with Crippen LogP contribution in [0, 0.1) is 0 Å². The molecule has 0 atom stereocenters. The van der Waals surface area contributed by atoms with E-state index in [-0.39, 0.29) is 24.0 Å². The molecule has 0 radical (unpaired) electrons. The molecule has 1 heterocycles. The van der Waals surface area contributed by atoms with Crippen LogP contribution < -0.4 is 16.0 Å². The van der Waals surface area contributed by atoms with E-state index in [1.807, 2.05) is 44.1 Å². The fourth-order valence-corrected chi connectivity index (χ4v) is 1.56. The number of rotatable bonds is 8. The molecule has 120 valence electrons. The number of pyridine rings is 1. The van der Waals surface area contributed by atoms with Crippen LogP contribution in [0.3, 0.4) is 0 Å². The second-order valence-corrected chi connectivity index (χ2v) is 4.56. The number of aliphatic imine (C=N–C) groups is 1. The molecule has 0 spiro atoms. The molecular formula is C14H26IN5O. The Morgan fingerprint density at radius 2 is 2.19 bits per heavy atom. The average molecular weight is 407 g/mol. The molecule has 0 aromatic carbocycles. The van der Waals surface area contributed by atoms with Crippen molar-refractivity contribution in [2.24, 2.45) is 10.7 Å². The Hall–Kier alpha value is -1.09. The molecule has 0 fully saturated rings. The van der Waals surface area contributed by atoms with Crippen molar-refractivity contribution in [3.63, 3.8) is 0 Å². The zero-order valence-electron chi connectivity index (χ0n) is 13.0. The van der Waals surface area contributed by atoms with Crippen molar-refractivity contribution in [1.82, 2.24) is 10.3 Å². The van der Waals surface area contributed by atoms with Crippen LogP contribution in [-0.2, 0) is 11.3 Å². The van der Waals surface area contributed by atoms with Crippen molar-refractivity contribution in [3.8, 4) is 0 Å². The molecule has 0 aliphatic rings. The first-order valence-electron chi connectivity index (χ1n) is 6.88. The Balaban J connectivity index is 0.00000400. The van der Waals surface area contributed by atoms with Crippen LogP contribution in [0.15, 0.2) is 23.2 Å². The lowest BCUT2D eigenvalue weighted by molar-refractivity contribution is 0.145. The van der Waals surface area contributed by atoms with Gasteiger partial charge in [0.25, 0.3) is 0 Å². The standard InChI is InChI=1S/C14H25N5O.HI/c1-4-20-10-6-9-16-14(15)17-11-12-7-5-8-13(18-12)19(2)3;/h5,7-8H,4,6,9-11H2,1-3H3,(H3,15,16,17);1H. The third-order valence-corrected chi connectivity index (χ3v) is 2.64. The second-order valence-electron chi connectivity index (χ2n) is 4.56. The van der Waals surface area contributed by atoms with E-state index in [1.54, 1.807) is 0 Å². The van der Waals surface area contributed by atoms with Gasteiger partial charge in [0.15, 0.2) is 5.96 Å². The molecule has 0 amide bonds. The maximum atomic E-state index is 5.79. The molecule has 3 N–H and O–H groups in total. The highest BCUT2D eigenvalue weighted by Gasteiger charge is 1.99. The highest BCUT2D eigenvalue weighted by atomic mass is 127. The monoisotopic (exact) mass is 407 g/mol. The van der Waals surface area contributed by atoms with Gasteiger partial charge in [0.2, 0.25) is 0 Å².